The molecule has 8 aromatic rings. The van der Waals surface area contributed by atoms with Gasteiger partial charge in [-0.15, -0.1) is 0 Å². The molecule has 0 aliphatic carbocycles. The van der Waals surface area contributed by atoms with Crippen LogP contribution in [0.4, 0.5) is 0 Å². The molecule has 8 heteroatoms. The molecule has 0 heterocycles. The molecule has 0 aliphatic heterocycles. The van der Waals surface area contributed by atoms with Gasteiger partial charge in [-0.1, -0.05) is 296 Å². The highest BCUT2D eigenvalue weighted by Crippen LogP contribution is 2.48. The Kier molecular flexibility index (Phi) is 13.8. The topological polar surface area (TPSA) is 0 Å². The molecule has 72 heavy (non-hydrogen) atoms. The predicted octanol–water partition coefficient (Wildman–Crippen LogP) is 15.6. The minimum atomic E-state index is -1.69. The van der Waals surface area contributed by atoms with Gasteiger partial charge in [0.25, 0.3) is 0 Å². The zero-order chi connectivity index (χ0) is 53.4. The van der Waals surface area contributed by atoms with Crippen LogP contribution < -0.4 is 41.5 Å². The Balaban J connectivity index is 1.66. The molecule has 0 N–H and O–H groups in total. The minimum absolute atomic E-state index is 1.38. The molecule has 0 radical (unpaired) electrons. The lowest BCUT2D eigenvalue weighted by Crippen LogP contribution is -2.45. The molecule has 0 atom stereocenters. The van der Waals surface area contributed by atoms with Gasteiger partial charge in [-0.3, -0.25) is 0 Å². The highest BCUT2D eigenvalue weighted by molar-refractivity contribution is 6.94. The molecule has 0 fully saturated rings. The van der Waals surface area contributed by atoms with Gasteiger partial charge in [0.05, 0.1) is 64.6 Å². The van der Waals surface area contributed by atoms with Gasteiger partial charge in [0.2, 0.25) is 0 Å². The first kappa shape index (κ1) is 54.8. The van der Waals surface area contributed by atoms with E-state index in [4.69, 9.17) is 0 Å². The molecule has 378 valence electrons. The summed E-state index contributed by atoms with van der Waals surface area (Å²) in [6.07, 6.45) is 0. The second-order valence-electron chi connectivity index (χ2n) is 30.2. The van der Waals surface area contributed by atoms with E-state index in [1.807, 2.05) is 0 Å². The first-order chi connectivity index (χ1) is 32.7. The van der Waals surface area contributed by atoms with Gasteiger partial charge in [-0.2, -0.15) is 0 Å². The Bertz CT molecular complexity index is 2830. The van der Waals surface area contributed by atoms with Gasteiger partial charge in [-0.25, -0.2) is 0 Å². The van der Waals surface area contributed by atoms with E-state index in [2.05, 4.69) is 266 Å². The largest absolute Gasteiger partial charge is 0.0776 e. The van der Waals surface area contributed by atoms with Crippen LogP contribution in [0.3, 0.4) is 0 Å². The maximum absolute atomic E-state index is 2.65. The van der Waals surface area contributed by atoms with Crippen LogP contribution in [0.2, 0.25) is 157 Å². The lowest BCUT2D eigenvalue weighted by atomic mass is 9.82. The molecule has 0 unspecified atom stereocenters. The molecule has 0 nitrogen and oxygen atoms in total. The summed E-state index contributed by atoms with van der Waals surface area (Å²) in [6.45, 7) is 60.9. The van der Waals surface area contributed by atoms with Gasteiger partial charge >= 0.3 is 0 Å². The Morgan fingerprint density at radius 1 is 0.181 bits per heavy atom. The van der Waals surface area contributed by atoms with Crippen molar-refractivity contribution in [1.82, 2.24) is 0 Å². The lowest BCUT2D eigenvalue weighted by Gasteiger charge is -2.28. The summed E-state index contributed by atoms with van der Waals surface area (Å²) in [4.78, 5) is 0. The normalized spacial score (nSPS) is 13.8. The Morgan fingerprint density at radius 2 is 0.319 bits per heavy atom. The fraction of sp³-hybridized carbons (Fsp3) is 0.375. The summed E-state index contributed by atoms with van der Waals surface area (Å²) < 4.78 is 0. The van der Waals surface area contributed by atoms with Crippen molar-refractivity contribution in [2.75, 3.05) is 0 Å². The molecule has 0 aromatic heterocycles. The third kappa shape index (κ3) is 10.8. The number of hydrogen-bond donors (Lipinski definition) is 0. The highest BCUT2D eigenvalue weighted by atomic mass is 28.3. The number of hydrogen-bond acceptors (Lipinski definition) is 0. The molecule has 8 rings (SSSR count). The maximum atomic E-state index is 2.65. The predicted molar refractivity (Wildman–Crippen MR) is 356 cm³/mol. The summed E-state index contributed by atoms with van der Waals surface area (Å²) >= 11 is 0. The monoisotopic (exact) mass is 1080 g/mol. The standard InChI is InChI=1S/C64H90Si8/c1-65(2,3)47-29-43(30-48(37-47)66(4,5)6)59-41-60(44-31-49(67(7,8)9)38-50(32-44)68(10,11)12)56-27-28-58-62(46-35-53(71(19,20)21)40-54(36-46)72(22,23)24)42-61(57-26-25-55(59)63(56)64(57)58)45-33-51(69(13,14)15)39-52(34-45)70(16,17)18/h25-42H,1-24H3. The SMILES string of the molecule is C[Si](C)(C)c1cc(-c2cc(-c3cc([Si](C)(C)C)cc([Si](C)(C)C)c3)c3ccc4c(-c5cc([Si](C)(C)C)cc([Si](C)(C)C)c5)cc(-c5cc([Si](C)(C)C)cc([Si](C)(C)C)c5)c5ccc2c3c54)cc([Si](C)(C)C)c1. The molecule has 0 bridgehead atoms. The quantitative estimate of drug-likeness (QED) is 0.0845. The molecule has 0 saturated heterocycles. The third-order valence-corrected chi connectivity index (χ3v) is 32.0. The van der Waals surface area contributed by atoms with Crippen LogP contribution >= 0.6 is 0 Å². The van der Waals surface area contributed by atoms with Gasteiger partial charge in [0.15, 0.2) is 0 Å². The van der Waals surface area contributed by atoms with Gasteiger partial charge in [0, 0.05) is 0 Å². The molecule has 8 aromatic carbocycles. The fourth-order valence-electron chi connectivity index (χ4n) is 10.5. The van der Waals surface area contributed by atoms with Crippen molar-refractivity contribution in [1.29, 1.82) is 0 Å². The lowest BCUT2D eigenvalue weighted by molar-refractivity contribution is 1.61. The summed E-state index contributed by atoms with van der Waals surface area (Å²) in [6, 6.07) is 46.9. The van der Waals surface area contributed by atoms with Crippen molar-refractivity contribution in [2.24, 2.45) is 0 Å². The number of rotatable bonds is 12. The van der Waals surface area contributed by atoms with Crippen molar-refractivity contribution < 1.29 is 0 Å². The van der Waals surface area contributed by atoms with Crippen LogP contribution in [0, 0.1) is 0 Å². The smallest absolute Gasteiger partial charge is 0.0656 e. The molecular weight excluding hydrogens is 993 g/mol. The van der Waals surface area contributed by atoms with E-state index >= 15 is 0 Å². The second-order valence-corrected chi connectivity index (χ2v) is 70.8. The molecule has 0 aliphatic rings. The van der Waals surface area contributed by atoms with Gasteiger partial charge < -0.3 is 0 Å². The summed E-state index contributed by atoms with van der Waals surface area (Å²) in [5.74, 6) is 0. The van der Waals surface area contributed by atoms with E-state index in [9.17, 15) is 0 Å². The van der Waals surface area contributed by atoms with Crippen molar-refractivity contribution in [3.05, 3.63) is 109 Å². The first-order valence-corrected chi connectivity index (χ1v) is 55.2. The Hall–Kier alpha value is -3.46. The van der Waals surface area contributed by atoms with E-state index < -0.39 is 64.6 Å². The highest BCUT2D eigenvalue weighted by Gasteiger charge is 2.31. The van der Waals surface area contributed by atoms with Crippen LogP contribution in [0.5, 0.6) is 0 Å². The van der Waals surface area contributed by atoms with Gasteiger partial charge in [0.1, 0.15) is 0 Å². The Labute approximate surface area is 445 Å². The molecule has 0 amide bonds. The second kappa shape index (κ2) is 18.1. The minimum Gasteiger partial charge on any atom is -0.0656 e. The van der Waals surface area contributed by atoms with Crippen LogP contribution in [-0.2, 0) is 0 Å². The van der Waals surface area contributed by atoms with Crippen molar-refractivity contribution in [3.8, 4) is 44.5 Å². The van der Waals surface area contributed by atoms with Crippen LogP contribution in [0.25, 0.3) is 76.8 Å². The number of benzene rings is 8. The average molecular weight is 1080 g/mol. The van der Waals surface area contributed by atoms with E-state index in [1.54, 1.807) is 41.5 Å². The van der Waals surface area contributed by atoms with Crippen LogP contribution in [0.1, 0.15) is 0 Å². The summed E-state index contributed by atoms with van der Waals surface area (Å²) in [5, 5.41) is 20.9. The summed E-state index contributed by atoms with van der Waals surface area (Å²) in [7, 11) is -13.5. The average Bonchev–Trinajstić information content (AvgIpc) is 3.24. The van der Waals surface area contributed by atoms with E-state index in [1.165, 1.54) is 76.8 Å². The van der Waals surface area contributed by atoms with Crippen LogP contribution in [-0.4, -0.2) is 64.6 Å². The maximum Gasteiger partial charge on any atom is 0.0776 e. The van der Waals surface area contributed by atoms with E-state index in [-0.39, 0.29) is 0 Å². The van der Waals surface area contributed by atoms with E-state index in [0.29, 0.717) is 0 Å². The molecule has 0 spiro atoms. The Morgan fingerprint density at radius 3 is 0.444 bits per heavy atom. The van der Waals surface area contributed by atoms with Crippen molar-refractivity contribution >= 4 is 138 Å². The van der Waals surface area contributed by atoms with E-state index in [0.717, 1.165) is 0 Å². The van der Waals surface area contributed by atoms with Crippen LogP contribution in [0.15, 0.2) is 109 Å². The zero-order valence-corrected chi connectivity index (χ0v) is 57.4. The first-order valence-electron chi connectivity index (χ1n) is 27.2. The molecular formula is C64H90Si8. The summed E-state index contributed by atoms with van der Waals surface area (Å²) in [5.41, 5.74) is 11.1. The molecule has 0 saturated carbocycles. The van der Waals surface area contributed by atoms with Gasteiger partial charge in [-0.05, 0) is 89.0 Å². The van der Waals surface area contributed by atoms with Crippen molar-refractivity contribution in [3.63, 3.8) is 0 Å². The third-order valence-electron chi connectivity index (χ3n) is 15.8. The zero-order valence-electron chi connectivity index (χ0n) is 49.4. The fourth-order valence-corrected chi connectivity index (χ4v) is 20.5. The van der Waals surface area contributed by atoms with Crippen molar-refractivity contribution in [2.45, 2.75) is 157 Å².